The third kappa shape index (κ3) is 4.59. The number of carbonyl (C=O) groups is 3. The molecule has 0 saturated carbocycles. The Kier molecular flexibility index (Phi) is 7.21. The number of ether oxygens (including phenoxy) is 2. The number of benzene rings is 1. The van der Waals surface area contributed by atoms with E-state index in [0.717, 1.165) is 0 Å². The number of carbonyl (C=O) groups excluding carboxylic acids is 3. The van der Waals surface area contributed by atoms with E-state index in [1.54, 1.807) is 45.2 Å². The first kappa shape index (κ1) is 21.2. The molecule has 27 heavy (non-hydrogen) atoms. The molecule has 1 aromatic heterocycles. The van der Waals surface area contributed by atoms with E-state index in [0.29, 0.717) is 16.3 Å². The van der Waals surface area contributed by atoms with Crippen molar-refractivity contribution >= 4 is 45.3 Å². The Balaban J connectivity index is 2.57. The molecule has 2 rings (SSSR count). The van der Waals surface area contributed by atoms with Crippen LogP contribution in [0.4, 0.5) is 0 Å². The Hall–Kier alpha value is -2.12. The molecule has 0 radical (unpaired) electrons. The zero-order valence-corrected chi connectivity index (χ0v) is 17.5. The molecule has 0 aliphatic heterocycles. The van der Waals surface area contributed by atoms with Crippen LogP contribution < -0.4 is 0 Å². The topological polar surface area (TPSA) is 74.6 Å². The first-order valence-corrected chi connectivity index (χ1v) is 9.48. The zero-order chi connectivity index (χ0) is 20.1. The van der Waals surface area contributed by atoms with E-state index >= 15 is 0 Å². The summed E-state index contributed by atoms with van der Waals surface area (Å²) in [6.45, 7) is 3.76. The molecule has 0 aliphatic carbocycles. The van der Waals surface area contributed by atoms with Crippen LogP contribution in [-0.2, 0) is 27.7 Å². The Morgan fingerprint density at radius 2 is 1.67 bits per heavy atom. The van der Waals surface area contributed by atoms with Gasteiger partial charge in [-0.05, 0) is 54.0 Å². The molecule has 1 heterocycles. The lowest BCUT2D eigenvalue weighted by molar-refractivity contribution is -0.142. The van der Waals surface area contributed by atoms with Crippen molar-refractivity contribution in [3.63, 3.8) is 0 Å². The lowest BCUT2D eigenvalue weighted by Gasteiger charge is -2.08. The Bertz CT molecular complexity index is 873. The standard InChI is InChI=1S/C19H19BrClNO5/c1-4-26-14(23)10-13-15(19(25)27-5-2)16(20)17(22(13)3)18(24)11-6-8-12(21)9-7-11/h6-9H,4-5,10H2,1-3H3. The third-order valence-electron chi connectivity index (χ3n) is 3.87. The van der Waals surface area contributed by atoms with Crippen LogP contribution in [0.1, 0.15) is 46.0 Å². The van der Waals surface area contributed by atoms with Crippen molar-refractivity contribution in [3.8, 4) is 0 Å². The van der Waals surface area contributed by atoms with Crippen LogP contribution in [-0.4, -0.2) is 35.5 Å². The molecular weight excluding hydrogens is 438 g/mol. The highest BCUT2D eigenvalue weighted by Crippen LogP contribution is 2.31. The van der Waals surface area contributed by atoms with E-state index < -0.39 is 11.9 Å². The number of nitrogens with zero attached hydrogens (tertiary/aromatic N) is 1. The van der Waals surface area contributed by atoms with Crippen molar-refractivity contribution in [3.05, 3.63) is 56.3 Å². The molecule has 0 spiro atoms. The molecule has 8 heteroatoms. The lowest BCUT2D eigenvalue weighted by atomic mass is 10.1. The minimum Gasteiger partial charge on any atom is -0.466 e. The second kappa shape index (κ2) is 9.19. The normalized spacial score (nSPS) is 10.6. The molecule has 6 nitrogen and oxygen atoms in total. The van der Waals surface area contributed by atoms with Gasteiger partial charge < -0.3 is 14.0 Å². The van der Waals surface area contributed by atoms with Gasteiger partial charge in [0.25, 0.3) is 0 Å². The van der Waals surface area contributed by atoms with Gasteiger partial charge in [-0.1, -0.05) is 11.6 Å². The van der Waals surface area contributed by atoms with Gasteiger partial charge in [0, 0.05) is 23.3 Å². The maximum absolute atomic E-state index is 13.0. The maximum Gasteiger partial charge on any atom is 0.341 e. The first-order valence-electron chi connectivity index (χ1n) is 8.31. The van der Waals surface area contributed by atoms with Gasteiger partial charge >= 0.3 is 11.9 Å². The van der Waals surface area contributed by atoms with Crippen molar-refractivity contribution in [2.24, 2.45) is 7.05 Å². The largest absolute Gasteiger partial charge is 0.466 e. The monoisotopic (exact) mass is 455 g/mol. The summed E-state index contributed by atoms with van der Waals surface area (Å²) in [5, 5.41) is 0.507. The summed E-state index contributed by atoms with van der Waals surface area (Å²) >= 11 is 9.22. The third-order valence-corrected chi connectivity index (χ3v) is 4.90. The molecule has 1 aromatic carbocycles. The van der Waals surface area contributed by atoms with Crippen molar-refractivity contribution in [2.45, 2.75) is 20.3 Å². The summed E-state index contributed by atoms with van der Waals surface area (Å²) in [7, 11) is 1.62. The maximum atomic E-state index is 13.0. The number of rotatable bonds is 7. The highest BCUT2D eigenvalue weighted by Gasteiger charge is 2.30. The summed E-state index contributed by atoms with van der Waals surface area (Å²) in [6, 6.07) is 6.41. The van der Waals surface area contributed by atoms with Crippen LogP contribution in [0.25, 0.3) is 0 Å². The highest BCUT2D eigenvalue weighted by atomic mass is 79.9. The van der Waals surface area contributed by atoms with E-state index in [1.165, 1.54) is 4.57 Å². The highest BCUT2D eigenvalue weighted by molar-refractivity contribution is 9.10. The van der Waals surface area contributed by atoms with Crippen LogP contribution in [0, 0.1) is 0 Å². The van der Waals surface area contributed by atoms with Crippen LogP contribution >= 0.6 is 27.5 Å². The number of hydrogen-bond acceptors (Lipinski definition) is 5. The molecule has 0 N–H and O–H groups in total. The van der Waals surface area contributed by atoms with Crippen molar-refractivity contribution in [1.29, 1.82) is 0 Å². The van der Waals surface area contributed by atoms with Gasteiger partial charge in [-0.2, -0.15) is 0 Å². The SMILES string of the molecule is CCOC(=O)Cc1c(C(=O)OCC)c(Br)c(C(=O)c2ccc(Cl)cc2)n1C. The van der Waals surface area contributed by atoms with E-state index in [4.69, 9.17) is 21.1 Å². The molecule has 0 bridgehead atoms. The molecule has 0 aliphatic rings. The van der Waals surface area contributed by atoms with E-state index in [-0.39, 0.29) is 41.1 Å². The van der Waals surface area contributed by atoms with Crippen LogP contribution in [0.15, 0.2) is 28.7 Å². The van der Waals surface area contributed by atoms with Gasteiger partial charge in [-0.15, -0.1) is 0 Å². The van der Waals surface area contributed by atoms with Crippen LogP contribution in [0.2, 0.25) is 5.02 Å². The summed E-state index contributed by atoms with van der Waals surface area (Å²) in [6.07, 6.45) is -0.162. The summed E-state index contributed by atoms with van der Waals surface area (Å²) in [5.74, 6) is -1.43. The molecule has 0 atom stereocenters. The molecule has 0 saturated heterocycles. The summed E-state index contributed by atoms with van der Waals surface area (Å²) in [4.78, 5) is 37.4. The number of ketones is 1. The van der Waals surface area contributed by atoms with Gasteiger partial charge in [0.05, 0.1) is 29.7 Å². The summed E-state index contributed by atoms with van der Waals surface area (Å²) in [5.41, 5.74) is 1.12. The van der Waals surface area contributed by atoms with Gasteiger partial charge in [0.1, 0.15) is 5.69 Å². The minimum absolute atomic E-state index is 0.143. The van der Waals surface area contributed by atoms with E-state index in [2.05, 4.69) is 15.9 Å². The lowest BCUT2D eigenvalue weighted by Crippen LogP contribution is -2.16. The molecular formula is C19H19BrClNO5. The average Bonchev–Trinajstić information content (AvgIpc) is 2.85. The number of aromatic nitrogens is 1. The van der Waals surface area contributed by atoms with Gasteiger partial charge in [0.2, 0.25) is 5.78 Å². The fraction of sp³-hybridized carbons (Fsp3) is 0.316. The molecule has 2 aromatic rings. The second-order valence-corrected chi connectivity index (χ2v) is 6.81. The van der Waals surface area contributed by atoms with E-state index in [1.807, 2.05) is 0 Å². The van der Waals surface area contributed by atoms with Crippen molar-refractivity contribution < 1.29 is 23.9 Å². The van der Waals surface area contributed by atoms with Gasteiger partial charge in [0.15, 0.2) is 0 Å². The van der Waals surface area contributed by atoms with Crippen molar-refractivity contribution in [1.82, 2.24) is 4.57 Å². The average molecular weight is 457 g/mol. The smallest absolute Gasteiger partial charge is 0.341 e. The molecule has 144 valence electrons. The van der Waals surface area contributed by atoms with E-state index in [9.17, 15) is 14.4 Å². The number of esters is 2. The Morgan fingerprint density at radius 1 is 1.07 bits per heavy atom. The second-order valence-electron chi connectivity index (χ2n) is 5.58. The predicted molar refractivity (Wildman–Crippen MR) is 104 cm³/mol. The van der Waals surface area contributed by atoms with Crippen molar-refractivity contribution in [2.75, 3.05) is 13.2 Å². The summed E-state index contributed by atoms with van der Waals surface area (Å²) < 4.78 is 11.9. The minimum atomic E-state index is -0.616. The number of hydrogen-bond donors (Lipinski definition) is 0. The molecule has 0 amide bonds. The van der Waals surface area contributed by atoms with Crippen LogP contribution in [0.3, 0.4) is 0 Å². The number of halogens is 2. The Labute approximate surface area is 170 Å². The predicted octanol–water partition coefficient (Wildman–Crippen LogP) is 3.95. The quantitative estimate of drug-likeness (QED) is 0.466. The fourth-order valence-corrected chi connectivity index (χ4v) is 3.61. The zero-order valence-electron chi connectivity index (χ0n) is 15.2. The van der Waals surface area contributed by atoms with Gasteiger partial charge in [-0.25, -0.2) is 4.79 Å². The first-order chi connectivity index (χ1) is 12.8. The fourth-order valence-electron chi connectivity index (χ4n) is 2.65. The molecule has 0 unspecified atom stereocenters. The Morgan fingerprint density at radius 3 is 2.22 bits per heavy atom. The van der Waals surface area contributed by atoms with Gasteiger partial charge in [-0.3, -0.25) is 9.59 Å². The molecule has 0 fully saturated rings. The van der Waals surface area contributed by atoms with Crippen LogP contribution in [0.5, 0.6) is 0 Å².